The van der Waals surface area contributed by atoms with Crippen LogP contribution in [0.25, 0.3) is 0 Å². The first kappa shape index (κ1) is 10.5. The van der Waals surface area contributed by atoms with Gasteiger partial charge in [0.1, 0.15) is 6.61 Å². The van der Waals surface area contributed by atoms with Crippen LogP contribution in [0.2, 0.25) is 0 Å². The molecule has 2 rings (SSSR count). The molecule has 86 valence electrons. The predicted octanol–water partition coefficient (Wildman–Crippen LogP) is 0.0847. The third-order valence-corrected chi connectivity index (χ3v) is 2.31. The first-order chi connectivity index (χ1) is 7.70. The average Bonchev–Trinajstić information content (AvgIpc) is 2.59. The highest BCUT2D eigenvalue weighted by atomic mass is 16.6. The van der Waals surface area contributed by atoms with Crippen molar-refractivity contribution in [1.29, 1.82) is 0 Å². The Labute approximate surface area is 90.7 Å². The van der Waals surface area contributed by atoms with Crippen LogP contribution in [0.5, 0.6) is 0 Å². The van der Waals surface area contributed by atoms with E-state index >= 15 is 0 Å². The molecule has 0 bridgehead atoms. The van der Waals surface area contributed by atoms with Crippen molar-refractivity contribution in [3.8, 4) is 0 Å². The minimum atomic E-state index is -0.581. The zero-order valence-electron chi connectivity index (χ0n) is 8.51. The summed E-state index contributed by atoms with van der Waals surface area (Å²) < 4.78 is 9.21. The molecule has 0 aliphatic carbocycles. The molecular weight excluding hydrogens is 214 g/mol. The molecule has 0 spiro atoms. The van der Waals surface area contributed by atoms with Crippen LogP contribution in [0.15, 0.2) is 22.0 Å². The van der Waals surface area contributed by atoms with Gasteiger partial charge in [-0.2, -0.15) is 0 Å². The lowest BCUT2D eigenvalue weighted by Gasteiger charge is -2.36. The lowest BCUT2D eigenvalue weighted by molar-refractivity contribution is 0.0771. The fraction of sp³-hybridized carbons (Fsp3) is 0.444. The van der Waals surface area contributed by atoms with E-state index in [9.17, 15) is 9.59 Å². The molecule has 2 heterocycles. The van der Waals surface area contributed by atoms with Crippen molar-refractivity contribution in [2.45, 2.75) is 5.92 Å². The van der Waals surface area contributed by atoms with Crippen molar-refractivity contribution in [3.63, 3.8) is 0 Å². The van der Waals surface area contributed by atoms with Gasteiger partial charge in [-0.1, -0.05) is 17.8 Å². The van der Waals surface area contributed by atoms with E-state index in [0.29, 0.717) is 18.9 Å². The number of aromatic amines is 1. The Kier molecular flexibility index (Phi) is 2.76. The van der Waals surface area contributed by atoms with Crippen LogP contribution < -0.4 is 5.76 Å². The van der Waals surface area contributed by atoms with E-state index in [1.807, 2.05) is 0 Å². The number of nitrogens with zero attached hydrogens (tertiary/aromatic N) is 2. The van der Waals surface area contributed by atoms with Crippen LogP contribution in [0.4, 0.5) is 4.79 Å². The topological polar surface area (TPSA) is 88.4 Å². The van der Waals surface area contributed by atoms with Gasteiger partial charge in [0.25, 0.3) is 0 Å². The molecule has 0 unspecified atom stereocenters. The second kappa shape index (κ2) is 4.21. The van der Waals surface area contributed by atoms with Gasteiger partial charge in [0.05, 0.1) is 5.92 Å². The number of nitrogens with one attached hydrogen (secondary N) is 1. The zero-order chi connectivity index (χ0) is 11.5. The van der Waals surface area contributed by atoms with Crippen LogP contribution in [-0.2, 0) is 4.74 Å². The highest BCUT2D eigenvalue weighted by Gasteiger charge is 2.35. The average molecular weight is 225 g/mol. The number of amides is 1. The van der Waals surface area contributed by atoms with Crippen molar-refractivity contribution >= 4 is 6.09 Å². The van der Waals surface area contributed by atoms with Gasteiger partial charge in [0.15, 0.2) is 5.82 Å². The number of hydrogen-bond acceptors (Lipinski definition) is 5. The largest absolute Gasteiger partial charge is 0.445 e. The highest BCUT2D eigenvalue weighted by Crippen LogP contribution is 2.23. The van der Waals surface area contributed by atoms with Gasteiger partial charge in [-0.15, -0.1) is 0 Å². The quantitative estimate of drug-likeness (QED) is 0.736. The van der Waals surface area contributed by atoms with E-state index in [2.05, 4.69) is 21.2 Å². The Balaban J connectivity index is 1.83. The molecular formula is C9H11N3O4. The molecule has 1 aliphatic heterocycles. The van der Waals surface area contributed by atoms with Crippen LogP contribution in [0.1, 0.15) is 11.7 Å². The van der Waals surface area contributed by atoms with Gasteiger partial charge in [-0.05, 0) is 0 Å². The molecule has 1 N–H and O–H groups in total. The summed E-state index contributed by atoms with van der Waals surface area (Å²) >= 11 is 0. The zero-order valence-corrected chi connectivity index (χ0v) is 8.51. The molecule has 1 aromatic heterocycles. The van der Waals surface area contributed by atoms with Crippen molar-refractivity contribution in [2.24, 2.45) is 0 Å². The van der Waals surface area contributed by atoms with Gasteiger partial charge in [0.2, 0.25) is 0 Å². The van der Waals surface area contributed by atoms with Crippen molar-refractivity contribution in [1.82, 2.24) is 15.0 Å². The van der Waals surface area contributed by atoms with E-state index in [-0.39, 0.29) is 18.6 Å². The van der Waals surface area contributed by atoms with E-state index < -0.39 is 5.76 Å². The molecule has 1 aromatic rings. The third kappa shape index (κ3) is 1.97. The number of ether oxygens (including phenoxy) is 1. The van der Waals surface area contributed by atoms with E-state index in [0.717, 1.165) is 0 Å². The third-order valence-electron chi connectivity index (χ3n) is 2.31. The minimum Gasteiger partial charge on any atom is -0.445 e. The maximum absolute atomic E-state index is 11.3. The second-order valence-electron chi connectivity index (χ2n) is 3.45. The Hall–Kier alpha value is -2.05. The lowest BCUT2D eigenvalue weighted by atomic mass is 10.0. The lowest BCUT2D eigenvalue weighted by Crippen LogP contribution is -2.49. The molecule has 1 saturated heterocycles. The number of aromatic nitrogens is 2. The summed E-state index contributed by atoms with van der Waals surface area (Å²) in [6.45, 7) is 4.58. The maximum atomic E-state index is 11.3. The molecule has 0 atom stereocenters. The van der Waals surface area contributed by atoms with Crippen molar-refractivity contribution < 1.29 is 14.1 Å². The van der Waals surface area contributed by atoms with Gasteiger partial charge >= 0.3 is 11.8 Å². The number of H-pyrrole nitrogens is 1. The number of carbonyl (C=O) groups is 1. The summed E-state index contributed by atoms with van der Waals surface area (Å²) in [7, 11) is 0. The maximum Gasteiger partial charge on any atom is 0.438 e. The molecule has 1 amide bonds. The van der Waals surface area contributed by atoms with E-state index in [1.54, 1.807) is 0 Å². The number of rotatable bonds is 3. The Morgan fingerprint density at radius 2 is 2.50 bits per heavy atom. The van der Waals surface area contributed by atoms with Gasteiger partial charge in [-0.25, -0.2) is 9.59 Å². The monoisotopic (exact) mass is 225 g/mol. The van der Waals surface area contributed by atoms with Gasteiger partial charge in [0, 0.05) is 13.1 Å². The SMILES string of the molecule is C=CCOC(=O)N1CC(c2noc(=O)[nH]2)C1. The van der Waals surface area contributed by atoms with Gasteiger partial charge in [-0.3, -0.25) is 9.51 Å². The molecule has 0 saturated carbocycles. The molecule has 16 heavy (non-hydrogen) atoms. The minimum absolute atomic E-state index is 0.0164. The fourth-order valence-corrected chi connectivity index (χ4v) is 1.44. The van der Waals surface area contributed by atoms with Crippen LogP contribution in [-0.4, -0.2) is 40.8 Å². The summed E-state index contributed by atoms with van der Waals surface area (Å²) in [6, 6.07) is 0. The number of hydrogen-bond donors (Lipinski definition) is 1. The van der Waals surface area contributed by atoms with Crippen molar-refractivity contribution in [3.05, 3.63) is 29.0 Å². The Bertz CT molecular complexity index is 444. The second-order valence-corrected chi connectivity index (χ2v) is 3.45. The molecule has 0 aromatic carbocycles. The van der Waals surface area contributed by atoms with Crippen molar-refractivity contribution in [2.75, 3.05) is 19.7 Å². The summed E-state index contributed by atoms with van der Waals surface area (Å²) in [5, 5.41) is 3.56. The first-order valence-electron chi connectivity index (χ1n) is 4.79. The Morgan fingerprint density at radius 3 is 3.06 bits per heavy atom. The Morgan fingerprint density at radius 1 is 1.75 bits per heavy atom. The van der Waals surface area contributed by atoms with E-state index in [1.165, 1.54) is 11.0 Å². The summed E-state index contributed by atoms with van der Waals surface area (Å²) in [6.07, 6.45) is 1.12. The van der Waals surface area contributed by atoms with Crippen LogP contribution in [0.3, 0.4) is 0 Å². The molecule has 1 fully saturated rings. The molecule has 7 nitrogen and oxygen atoms in total. The van der Waals surface area contributed by atoms with Gasteiger partial charge < -0.3 is 9.64 Å². The number of carbonyl (C=O) groups excluding carboxylic acids is 1. The van der Waals surface area contributed by atoms with Crippen LogP contribution in [0, 0.1) is 0 Å². The molecule has 7 heteroatoms. The summed E-state index contributed by atoms with van der Waals surface area (Å²) in [4.78, 5) is 26.0. The molecule has 0 radical (unpaired) electrons. The first-order valence-corrected chi connectivity index (χ1v) is 4.79. The number of likely N-dealkylation sites (tertiary alicyclic amines) is 1. The fourth-order valence-electron chi connectivity index (χ4n) is 1.44. The predicted molar refractivity (Wildman–Crippen MR) is 53.0 cm³/mol. The smallest absolute Gasteiger partial charge is 0.438 e. The summed E-state index contributed by atoms with van der Waals surface area (Å²) in [5.74, 6) is -0.0943. The normalized spacial score (nSPS) is 15.6. The van der Waals surface area contributed by atoms with Crippen LogP contribution >= 0.6 is 0 Å². The molecule has 1 aliphatic rings. The van der Waals surface area contributed by atoms with E-state index in [4.69, 9.17) is 4.74 Å². The standard InChI is InChI=1S/C9H11N3O4/c1-2-3-15-9(14)12-4-6(5-12)7-10-8(13)16-11-7/h2,6H,1,3-5H2,(H,10,11,13). The summed E-state index contributed by atoms with van der Waals surface area (Å²) in [5.41, 5.74) is 0. The highest BCUT2D eigenvalue weighted by molar-refractivity contribution is 5.69.